The fourth-order valence-electron chi connectivity index (χ4n) is 2.16. The van der Waals surface area contributed by atoms with Crippen LogP contribution in [-0.4, -0.2) is 36.0 Å². The van der Waals surface area contributed by atoms with E-state index in [-0.39, 0.29) is 4.71 Å². The molecule has 1 atom stereocenters. The Morgan fingerprint density at radius 3 is 2.82 bits per heavy atom. The smallest absolute Gasteiger partial charge is 0.155 e. The van der Waals surface area contributed by atoms with Gasteiger partial charge in [0.05, 0.1) is 18.9 Å². The second-order valence-corrected chi connectivity index (χ2v) is 6.08. The SMILES string of the molecule is NSC1Sc2ccccc2N1N1CCOCC1. The van der Waals surface area contributed by atoms with E-state index in [0.29, 0.717) is 0 Å². The topological polar surface area (TPSA) is 41.7 Å². The maximum absolute atomic E-state index is 5.81. The lowest BCUT2D eigenvalue weighted by molar-refractivity contribution is 0.0331. The fraction of sp³-hybridized carbons (Fsp3) is 0.455. The molecule has 92 valence electrons. The summed E-state index contributed by atoms with van der Waals surface area (Å²) in [6.45, 7) is 3.47. The molecule has 1 fully saturated rings. The van der Waals surface area contributed by atoms with Crippen molar-refractivity contribution in [2.45, 2.75) is 9.60 Å². The Balaban J connectivity index is 1.89. The average molecular weight is 269 g/mol. The van der Waals surface area contributed by atoms with Gasteiger partial charge in [0.15, 0.2) is 4.71 Å². The van der Waals surface area contributed by atoms with E-state index in [2.05, 4.69) is 34.3 Å². The van der Waals surface area contributed by atoms with Gasteiger partial charge in [-0.3, -0.25) is 10.1 Å². The largest absolute Gasteiger partial charge is 0.379 e. The number of benzene rings is 1. The van der Waals surface area contributed by atoms with Crippen LogP contribution < -0.4 is 10.1 Å². The number of anilines is 1. The monoisotopic (exact) mass is 269 g/mol. The quantitative estimate of drug-likeness (QED) is 0.825. The van der Waals surface area contributed by atoms with Gasteiger partial charge in [0, 0.05) is 18.0 Å². The minimum absolute atomic E-state index is 0.241. The van der Waals surface area contributed by atoms with Crippen LogP contribution in [0.25, 0.3) is 0 Å². The number of hydrogen-bond donors (Lipinski definition) is 1. The lowest BCUT2D eigenvalue weighted by Crippen LogP contribution is -2.50. The van der Waals surface area contributed by atoms with Crippen molar-refractivity contribution in [2.24, 2.45) is 5.14 Å². The highest BCUT2D eigenvalue weighted by atomic mass is 32.2. The zero-order valence-electron chi connectivity index (χ0n) is 9.41. The minimum Gasteiger partial charge on any atom is -0.379 e. The number of para-hydroxylation sites is 1. The molecule has 0 spiro atoms. The highest BCUT2D eigenvalue weighted by Gasteiger charge is 2.34. The van der Waals surface area contributed by atoms with Crippen molar-refractivity contribution in [3.8, 4) is 0 Å². The number of ether oxygens (including phenoxy) is 1. The summed E-state index contributed by atoms with van der Waals surface area (Å²) < 4.78 is 5.64. The Hall–Kier alpha value is -0.400. The van der Waals surface area contributed by atoms with Gasteiger partial charge in [0.25, 0.3) is 0 Å². The molecule has 1 aromatic carbocycles. The van der Waals surface area contributed by atoms with Gasteiger partial charge in [-0.2, -0.15) is 0 Å². The van der Waals surface area contributed by atoms with Crippen LogP contribution in [0.4, 0.5) is 5.69 Å². The molecule has 2 aliphatic rings. The van der Waals surface area contributed by atoms with E-state index in [0.717, 1.165) is 26.3 Å². The second-order valence-electron chi connectivity index (χ2n) is 3.94. The second kappa shape index (κ2) is 5.07. The summed E-state index contributed by atoms with van der Waals surface area (Å²) >= 11 is 3.22. The number of nitrogens with two attached hydrogens (primary N) is 1. The first-order chi connectivity index (χ1) is 8.40. The van der Waals surface area contributed by atoms with Crippen LogP contribution in [0.15, 0.2) is 29.2 Å². The van der Waals surface area contributed by atoms with Gasteiger partial charge in [-0.15, -0.1) is 0 Å². The summed E-state index contributed by atoms with van der Waals surface area (Å²) in [5.74, 6) is 0. The van der Waals surface area contributed by atoms with Gasteiger partial charge in [0.2, 0.25) is 0 Å². The molecule has 2 heterocycles. The lowest BCUT2D eigenvalue weighted by Gasteiger charge is -2.38. The average Bonchev–Trinajstić information content (AvgIpc) is 2.78. The summed E-state index contributed by atoms with van der Waals surface area (Å²) in [7, 11) is 0. The third-order valence-electron chi connectivity index (χ3n) is 2.95. The van der Waals surface area contributed by atoms with E-state index < -0.39 is 0 Å². The lowest BCUT2D eigenvalue weighted by atomic mass is 10.3. The molecular weight excluding hydrogens is 254 g/mol. The first-order valence-electron chi connectivity index (χ1n) is 5.63. The first-order valence-corrected chi connectivity index (χ1v) is 7.45. The Labute approximate surface area is 110 Å². The van der Waals surface area contributed by atoms with E-state index in [4.69, 9.17) is 9.88 Å². The fourth-order valence-corrected chi connectivity index (χ4v) is 4.06. The number of hydrazine groups is 1. The molecular formula is C11H15N3OS2. The Bertz CT molecular complexity index is 398. The Morgan fingerprint density at radius 2 is 2.06 bits per heavy atom. The molecule has 0 aliphatic carbocycles. The zero-order valence-corrected chi connectivity index (χ0v) is 11.0. The number of nitrogens with zero attached hydrogens (tertiary/aromatic N) is 2. The molecule has 0 radical (unpaired) electrons. The van der Waals surface area contributed by atoms with Crippen LogP contribution in [0.3, 0.4) is 0 Å². The van der Waals surface area contributed by atoms with E-state index in [1.807, 2.05) is 11.8 Å². The molecule has 6 heteroatoms. The molecule has 1 unspecified atom stereocenters. The summed E-state index contributed by atoms with van der Waals surface area (Å²) in [6.07, 6.45) is 0. The van der Waals surface area contributed by atoms with E-state index in [1.54, 1.807) is 0 Å². The van der Waals surface area contributed by atoms with Crippen molar-refractivity contribution < 1.29 is 4.74 Å². The molecule has 2 aliphatic heterocycles. The predicted octanol–water partition coefficient (Wildman–Crippen LogP) is 1.74. The van der Waals surface area contributed by atoms with Crippen molar-refractivity contribution in [2.75, 3.05) is 31.3 Å². The number of thioether (sulfide) groups is 1. The number of fused-ring (bicyclic) bond motifs is 1. The minimum atomic E-state index is 0.241. The molecule has 1 saturated heterocycles. The summed E-state index contributed by atoms with van der Waals surface area (Å²) in [5, 5.41) is 10.5. The molecule has 3 rings (SSSR count). The predicted molar refractivity (Wildman–Crippen MR) is 72.7 cm³/mol. The van der Waals surface area contributed by atoms with Crippen LogP contribution in [0, 0.1) is 0 Å². The molecule has 17 heavy (non-hydrogen) atoms. The van der Waals surface area contributed by atoms with Crippen LogP contribution in [-0.2, 0) is 4.74 Å². The summed E-state index contributed by atoms with van der Waals surface area (Å²) in [5.41, 5.74) is 1.27. The van der Waals surface area contributed by atoms with Crippen molar-refractivity contribution in [3.63, 3.8) is 0 Å². The van der Waals surface area contributed by atoms with Crippen LogP contribution in [0.2, 0.25) is 0 Å². The van der Waals surface area contributed by atoms with Gasteiger partial charge in [-0.25, -0.2) is 5.01 Å². The highest BCUT2D eigenvalue weighted by molar-refractivity contribution is 8.16. The Kier molecular flexibility index (Phi) is 3.49. The molecule has 0 bridgehead atoms. The molecule has 2 N–H and O–H groups in total. The summed E-state index contributed by atoms with van der Waals surface area (Å²) in [6, 6.07) is 8.47. The molecule has 4 nitrogen and oxygen atoms in total. The normalized spacial score (nSPS) is 25.0. The van der Waals surface area contributed by atoms with Crippen LogP contribution >= 0.6 is 23.7 Å². The van der Waals surface area contributed by atoms with E-state index in [9.17, 15) is 0 Å². The van der Waals surface area contributed by atoms with Gasteiger partial charge in [-0.1, -0.05) is 23.9 Å². The van der Waals surface area contributed by atoms with Crippen molar-refractivity contribution >= 4 is 29.4 Å². The number of hydrogen-bond acceptors (Lipinski definition) is 6. The van der Waals surface area contributed by atoms with Gasteiger partial charge >= 0.3 is 0 Å². The molecule has 1 aromatic rings. The zero-order chi connectivity index (χ0) is 11.7. The number of morpholine rings is 1. The van der Waals surface area contributed by atoms with Crippen LogP contribution in [0.1, 0.15) is 0 Å². The third-order valence-corrected chi connectivity index (χ3v) is 5.00. The van der Waals surface area contributed by atoms with Crippen molar-refractivity contribution in [1.82, 2.24) is 5.01 Å². The van der Waals surface area contributed by atoms with Gasteiger partial charge in [-0.05, 0) is 24.1 Å². The van der Waals surface area contributed by atoms with Gasteiger partial charge < -0.3 is 4.74 Å². The Morgan fingerprint density at radius 1 is 1.29 bits per heavy atom. The highest BCUT2D eigenvalue weighted by Crippen LogP contribution is 2.46. The van der Waals surface area contributed by atoms with Crippen molar-refractivity contribution in [3.05, 3.63) is 24.3 Å². The van der Waals surface area contributed by atoms with Crippen molar-refractivity contribution in [1.29, 1.82) is 0 Å². The van der Waals surface area contributed by atoms with E-state index in [1.165, 1.54) is 22.5 Å². The van der Waals surface area contributed by atoms with Crippen LogP contribution in [0.5, 0.6) is 0 Å². The molecule has 0 aromatic heterocycles. The number of rotatable bonds is 2. The summed E-state index contributed by atoms with van der Waals surface area (Å²) in [4.78, 5) is 1.31. The molecule has 0 saturated carbocycles. The molecule has 0 amide bonds. The standard InChI is InChI=1S/C11H15N3OS2/c12-17-11-14(13-5-7-15-8-6-13)9-3-1-2-4-10(9)16-11/h1-4,11H,5-8,12H2. The first kappa shape index (κ1) is 11.7. The third kappa shape index (κ3) is 2.15. The maximum Gasteiger partial charge on any atom is 0.155 e. The van der Waals surface area contributed by atoms with E-state index >= 15 is 0 Å². The maximum atomic E-state index is 5.81. The van der Waals surface area contributed by atoms with Gasteiger partial charge in [0.1, 0.15) is 0 Å².